The molecular formula is C14H18N4. The van der Waals surface area contributed by atoms with E-state index < -0.39 is 0 Å². The van der Waals surface area contributed by atoms with Gasteiger partial charge in [-0.05, 0) is 31.5 Å². The highest BCUT2D eigenvalue weighted by atomic mass is 15.3. The molecule has 0 amide bonds. The van der Waals surface area contributed by atoms with Crippen molar-refractivity contribution >= 4 is 17.2 Å². The number of nitrogen functional groups attached to an aromatic ring is 1. The van der Waals surface area contributed by atoms with Gasteiger partial charge in [0.2, 0.25) is 0 Å². The highest BCUT2D eigenvalue weighted by Crippen LogP contribution is 2.28. The molecule has 4 nitrogen and oxygen atoms in total. The van der Waals surface area contributed by atoms with Crippen molar-refractivity contribution in [2.24, 2.45) is 5.84 Å². The average molecular weight is 242 g/mol. The second-order valence-electron chi connectivity index (χ2n) is 4.07. The first-order valence-electron chi connectivity index (χ1n) is 6.02. The zero-order chi connectivity index (χ0) is 13.0. The van der Waals surface area contributed by atoms with E-state index in [1.165, 1.54) is 11.3 Å². The Balaban J connectivity index is 2.42. The van der Waals surface area contributed by atoms with Gasteiger partial charge < -0.3 is 10.3 Å². The van der Waals surface area contributed by atoms with Crippen molar-refractivity contribution in [3.63, 3.8) is 0 Å². The molecule has 0 aliphatic heterocycles. The molecule has 0 aliphatic carbocycles. The summed E-state index contributed by atoms with van der Waals surface area (Å²) in [4.78, 5) is 6.36. The molecule has 2 aromatic rings. The molecule has 3 N–H and O–H groups in total. The summed E-state index contributed by atoms with van der Waals surface area (Å²) in [6.07, 6.45) is 1.76. The van der Waals surface area contributed by atoms with E-state index in [1.807, 2.05) is 24.3 Å². The Morgan fingerprint density at radius 2 is 2.06 bits per heavy atom. The lowest BCUT2D eigenvalue weighted by Crippen LogP contribution is -2.18. The zero-order valence-corrected chi connectivity index (χ0v) is 10.7. The van der Waals surface area contributed by atoms with Crippen molar-refractivity contribution in [3.8, 4) is 0 Å². The molecule has 0 unspecified atom stereocenters. The third-order valence-corrected chi connectivity index (χ3v) is 2.93. The van der Waals surface area contributed by atoms with E-state index in [2.05, 4.69) is 41.3 Å². The van der Waals surface area contributed by atoms with Gasteiger partial charge in [0.1, 0.15) is 5.82 Å². The summed E-state index contributed by atoms with van der Waals surface area (Å²) >= 11 is 0. The van der Waals surface area contributed by atoms with Crippen LogP contribution < -0.4 is 16.2 Å². The van der Waals surface area contributed by atoms with E-state index in [9.17, 15) is 0 Å². The number of hydrogen-bond acceptors (Lipinski definition) is 4. The quantitative estimate of drug-likeness (QED) is 0.639. The van der Waals surface area contributed by atoms with Crippen LogP contribution in [-0.4, -0.2) is 11.5 Å². The number of pyridine rings is 1. The first kappa shape index (κ1) is 12.4. The Bertz CT molecular complexity index is 525. The minimum atomic E-state index is 0.666. The van der Waals surface area contributed by atoms with Crippen molar-refractivity contribution in [1.29, 1.82) is 0 Å². The Hall–Kier alpha value is -2.07. The van der Waals surface area contributed by atoms with Crippen LogP contribution in [-0.2, 0) is 0 Å². The van der Waals surface area contributed by atoms with Crippen LogP contribution in [0.4, 0.5) is 17.2 Å². The van der Waals surface area contributed by atoms with E-state index in [-0.39, 0.29) is 0 Å². The van der Waals surface area contributed by atoms with Crippen molar-refractivity contribution < 1.29 is 0 Å². The second kappa shape index (κ2) is 5.51. The van der Waals surface area contributed by atoms with Crippen LogP contribution in [0, 0.1) is 6.92 Å². The summed E-state index contributed by atoms with van der Waals surface area (Å²) in [7, 11) is 0. The Kier molecular flexibility index (Phi) is 3.79. The summed E-state index contributed by atoms with van der Waals surface area (Å²) in [5.41, 5.74) is 6.10. The van der Waals surface area contributed by atoms with Gasteiger partial charge >= 0.3 is 0 Å². The molecule has 0 saturated carbocycles. The van der Waals surface area contributed by atoms with E-state index in [0.717, 1.165) is 12.2 Å². The predicted octanol–water partition coefficient (Wildman–Crippen LogP) is 2.83. The molecule has 18 heavy (non-hydrogen) atoms. The van der Waals surface area contributed by atoms with Gasteiger partial charge in [0.15, 0.2) is 0 Å². The number of hydrogen-bond donors (Lipinski definition) is 2. The first-order chi connectivity index (χ1) is 8.76. The maximum absolute atomic E-state index is 5.40. The number of para-hydroxylation sites is 1. The highest BCUT2D eigenvalue weighted by Gasteiger charge is 2.09. The van der Waals surface area contributed by atoms with Crippen molar-refractivity contribution in [2.75, 3.05) is 16.9 Å². The SMILES string of the molecule is CCN(c1ccnc(NN)c1)c1ccccc1C. The number of nitrogens with one attached hydrogen (secondary N) is 1. The Morgan fingerprint density at radius 3 is 2.72 bits per heavy atom. The lowest BCUT2D eigenvalue weighted by atomic mass is 10.1. The van der Waals surface area contributed by atoms with Crippen LogP contribution in [0.2, 0.25) is 0 Å². The van der Waals surface area contributed by atoms with Gasteiger partial charge in [0.25, 0.3) is 0 Å². The molecule has 0 aliphatic rings. The number of anilines is 3. The third-order valence-electron chi connectivity index (χ3n) is 2.93. The van der Waals surface area contributed by atoms with E-state index >= 15 is 0 Å². The van der Waals surface area contributed by atoms with Gasteiger partial charge in [-0.15, -0.1) is 0 Å². The summed E-state index contributed by atoms with van der Waals surface area (Å²) in [6, 6.07) is 12.3. The van der Waals surface area contributed by atoms with E-state index in [0.29, 0.717) is 5.82 Å². The molecule has 0 fully saturated rings. The maximum Gasteiger partial charge on any atom is 0.141 e. The Labute approximate surface area is 107 Å². The summed E-state index contributed by atoms with van der Waals surface area (Å²) in [6.45, 7) is 5.13. The monoisotopic (exact) mass is 242 g/mol. The van der Waals surface area contributed by atoms with E-state index in [1.54, 1.807) is 6.20 Å². The van der Waals surface area contributed by atoms with Crippen molar-refractivity contribution in [1.82, 2.24) is 4.98 Å². The minimum absolute atomic E-state index is 0.666. The largest absolute Gasteiger partial charge is 0.341 e. The van der Waals surface area contributed by atoms with Crippen LogP contribution >= 0.6 is 0 Å². The van der Waals surface area contributed by atoms with Gasteiger partial charge in [-0.1, -0.05) is 18.2 Å². The molecule has 0 bridgehead atoms. The summed E-state index contributed by atoms with van der Waals surface area (Å²) in [5.74, 6) is 6.06. The minimum Gasteiger partial charge on any atom is -0.341 e. The number of rotatable bonds is 4. The van der Waals surface area contributed by atoms with Gasteiger partial charge in [0.05, 0.1) is 0 Å². The molecule has 0 spiro atoms. The van der Waals surface area contributed by atoms with Gasteiger partial charge in [0, 0.05) is 30.2 Å². The molecule has 94 valence electrons. The van der Waals surface area contributed by atoms with Crippen LogP contribution in [0.15, 0.2) is 42.6 Å². The zero-order valence-electron chi connectivity index (χ0n) is 10.7. The Morgan fingerprint density at radius 1 is 1.28 bits per heavy atom. The van der Waals surface area contributed by atoms with Crippen molar-refractivity contribution in [2.45, 2.75) is 13.8 Å². The normalized spacial score (nSPS) is 10.2. The van der Waals surface area contributed by atoms with Crippen LogP contribution in [0.5, 0.6) is 0 Å². The number of nitrogens with zero attached hydrogens (tertiary/aromatic N) is 2. The molecular weight excluding hydrogens is 224 g/mol. The molecule has 1 aromatic carbocycles. The highest BCUT2D eigenvalue weighted by molar-refractivity contribution is 5.67. The van der Waals surface area contributed by atoms with Gasteiger partial charge in [-0.3, -0.25) is 0 Å². The fourth-order valence-corrected chi connectivity index (χ4v) is 2.02. The predicted molar refractivity (Wildman–Crippen MR) is 75.9 cm³/mol. The van der Waals surface area contributed by atoms with Crippen LogP contribution in [0.3, 0.4) is 0 Å². The molecule has 4 heteroatoms. The molecule has 1 aromatic heterocycles. The van der Waals surface area contributed by atoms with Gasteiger partial charge in [-0.25, -0.2) is 10.8 Å². The molecule has 0 saturated heterocycles. The number of nitrogens with two attached hydrogens (primary N) is 1. The number of aryl methyl sites for hydroxylation is 1. The molecule has 0 radical (unpaired) electrons. The number of benzene rings is 1. The number of hydrazine groups is 1. The van der Waals surface area contributed by atoms with Crippen LogP contribution in [0.1, 0.15) is 12.5 Å². The number of aromatic nitrogens is 1. The summed E-state index contributed by atoms with van der Waals surface area (Å²) < 4.78 is 0. The van der Waals surface area contributed by atoms with Crippen LogP contribution in [0.25, 0.3) is 0 Å². The second-order valence-corrected chi connectivity index (χ2v) is 4.07. The van der Waals surface area contributed by atoms with Crippen molar-refractivity contribution in [3.05, 3.63) is 48.2 Å². The lowest BCUT2D eigenvalue weighted by molar-refractivity contribution is 1.01. The van der Waals surface area contributed by atoms with Gasteiger partial charge in [-0.2, -0.15) is 0 Å². The first-order valence-corrected chi connectivity index (χ1v) is 6.02. The fourth-order valence-electron chi connectivity index (χ4n) is 2.02. The van der Waals surface area contributed by atoms with E-state index in [4.69, 9.17) is 5.84 Å². The topological polar surface area (TPSA) is 54.2 Å². The standard InChI is InChI=1S/C14H18N4/c1-3-18(13-7-5-4-6-11(13)2)12-8-9-16-14(10-12)17-15/h4-10H,3,15H2,1-2H3,(H,16,17). The smallest absolute Gasteiger partial charge is 0.141 e. The maximum atomic E-state index is 5.40. The third kappa shape index (κ3) is 2.43. The average Bonchev–Trinajstić information content (AvgIpc) is 2.42. The summed E-state index contributed by atoms with van der Waals surface area (Å²) in [5, 5.41) is 0. The molecule has 1 heterocycles. The molecule has 2 rings (SSSR count). The lowest BCUT2D eigenvalue weighted by Gasteiger charge is -2.25. The fraction of sp³-hybridized carbons (Fsp3) is 0.214. The molecule has 0 atom stereocenters.